The summed E-state index contributed by atoms with van der Waals surface area (Å²) >= 11 is 0. The average molecular weight is 542 g/mol. The maximum Gasteiger partial charge on any atom is 0.303 e. The number of carboxylic acids is 1. The van der Waals surface area contributed by atoms with Gasteiger partial charge in [0.1, 0.15) is 5.82 Å². The number of aliphatic carboxylic acids is 1. The van der Waals surface area contributed by atoms with Gasteiger partial charge in [-0.3, -0.25) is 9.59 Å². The van der Waals surface area contributed by atoms with Crippen LogP contribution in [0.4, 0.5) is 5.82 Å². The molecule has 0 unspecified atom stereocenters. The summed E-state index contributed by atoms with van der Waals surface area (Å²) in [4.78, 5) is 36.9. The van der Waals surface area contributed by atoms with E-state index in [-0.39, 0.29) is 24.1 Å². The topological polar surface area (TPSA) is 136 Å². The number of anilines is 1. The van der Waals surface area contributed by atoms with Gasteiger partial charge in [0.2, 0.25) is 5.82 Å². The minimum absolute atomic E-state index is 0.0141. The third kappa shape index (κ3) is 11.3. The number of fused-ring (bicyclic) bond motifs is 1. The molecular weight excluding hydrogens is 498 g/mol. The van der Waals surface area contributed by atoms with Gasteiger partial charge >= 0.3 is 5.97 Å². The van der Waals surface area contributed by atoms with Gasteiger partial charge in [0.15, 0.2) is 0 Å². The van der Waals surface area contributed by atoms with E-state index in [1.54, 1.807) is 12.4 Å². The predicted octanol–water partition coefficient (Wildman–Crippen LogP) is 4.15. The number of carbonyl (C=O) groups excluding carboxylic acids is 1. The van der Waals surface area contributed by atoms with Crippen LogP contribution in [0.5, 0.6) is 0 Å². The fourth-order valence-electron chi connectivity index (χ4n) is 4.60. The Labute approximate surface area is 231 Å². The van der Waals surface area contributed by atoms with Gasteiger partial charge in [-0.2, -0.15) is 0 Å². The Morgan fingerprint density at radius 2 is 1.82 bits per heavy atom. The van der Waals surface area contributed by atoms with E-state index in [0.29, 0.717) is 33.0 Å². The highest BCUT2D eigenvalue weighted by Gasteiger charge is 2.18. The standard InChI is InChI=1S/C29H43N5O5/c1-2-15-38-17-18-39-16-14-31-29(37)28-32-20-24(21-33-28)23(19-26(35)36)8-5-3-4-6-10-25-12-11-22-9-7-13-30-27(22)34-25/h11-12,20-21,23H,2-10,13-19H2,1H3,(H,30,34)(H,31,37)(H,35,36)/t23-/m0/s1. The Kier molecular flexibility index (Phi) is 13.6. The molecule has 3 rings (SSSR count). The van der Waals surface area contributed by atoms with Crippen molar-refractivity contribution in [3.8, 4) is 0 Å². The molecule has 1 aliphatic heterocycles. The van der Waals surface area contributed by atoms with Gasteiger partial charge in [-0.25, -0.2) is 15.0 Å². The van der Waals surface area contributed by atoms with Crippen LogP contribution in [0.1, 0.15) is 91.6 Å². The number of unbranched alkanes of at least 4 members (excludes halogenated alkanes) is 3. The van der Waals surface area contributed by atoms with E-state index in [2.05, 4.69) is 32.7 Å². The van der Waals surface area contributed by atoms with Crippen LogP contribution < -0.4 is 10.6 Å². The Morgan fingerprint density at radius 3 is 2.59 bits per heavy atom. The highest BCUT2D eigenvalue weighted by atomic mass is 16.5. The maximum atomic E-state index is 12.3. The number of carbonyl (C=O) groups is 2. The van der Waals surface area contributed by atoms with Crippen LogP contribution >= 0.6 is 0 Å². The molecule has 0 bridgehead atoms. The second kappa shape index (κ2) is 17.5. The third-order valence-corrected chi connectivity index (χ3v) is 6.71. The molecule has 39 heavy (non-hydrogen) atoms. The van der Waals surface area contributed by atoms with E-state index in [9.17, 15) is 14.7 Å². The van der Waals surface area contributed by atoms with Crippen molar-refractivity contribution in [3.05, 3.63) is 47.2 Å². The quantitative estimate of drug-likeness (QED) is 0.224. The van der Waals surface area contributed by atoms with Crippen molar-refractivity contribution in [2.45, 2.75) is 77.0 Å². The molecule has 0 saturated carbocycles. The fraction of sp³-hybridized carbons (Fsp3) is 0.621. The van der Waals surface area contributed by atoms with Crippen LogP contribution in [0.2, 0.25) is 0 Å². The Bertz CT molecular complexity index is 1020. The summed E-state index contributed by atoms with van der Waals surface area (Å²) in [5.41, 5.74) is 3.17. The molecule has 0 aromatic carbocycles. The molecule has 2 aromatic heterocycles. The number of ether oxygens (including phenoxy) is 2. The molecule has 0 saturated heterocycles. The van der Waals surface area contributed by atoms with E-state index in [0.717, 1.165) is 81.4 Å². The number of hydrogen-bond donors (Lipinski definition) is 3. The van der Waals surface area contributed by atoms with Crippen molar-refractivity contribution in [2.75, 3.05) is 44.8 Å². The van der Waals surface area contributed by atoms with Crippen molar-refractivity contribution in [3.63, 3.8) is 0 Å². The van der Waals surface area contributed by atoms with E-state index >= 15 is 0 Å². The minimum Gasteiger partial charge on any atom is -0.481 e. The van der Waals surface area contributed by atoms with Gasteiger partial charge < -0.3 is 25.2 Å². The largest absolute Gasteiger partial charge is 0.481 e. The first-order valence-corrected chi connectivity index (χ1v) is 14.3. The molecule has 3 heterocycles. The molecule has 214 valence electrons. The molecule has 0 aliphatic carbocycles. The number of nitrogens with one attached hydrogen (secondary N) is 2. The van der Waals surface area contributed by atoms with Gasteiger partial charge in [0.25, 0.3) is 5.91 Å². The summed E-state index contributed by atoms with van der Waals surface area (Å²) in [6.45, 7) is 5.50. The maximum absolute atomic E-state index is 12.3. The molecule has 3 N–H and O–H groups in total. The van der Waals surface area contributed by atoms with Crippen molar-refractivity contribution in [2.24, 2.45) is 0 Å². The van der Waals surface area contributed by atoms with Crippen LogP contribution in [-0.2, 0) is 27.1 Å². The second-order valence-electron chi connectivity index (χ2n) is 9.91. The monoisotopic (exact) mass is 541 g/mol. The molecule has 0 fully saturated rings. The zero-order chi connectivity index (χ0) is 27.7. The summed E-state index contributed by atoms with van der Waals surface area (Å²) in [5.74, 6) is -0.319. The Balaban J connectivity index is 1.35. The SMILES string of the molecule is CCCOCCOCCNC(=O)c1ncc([C@@H](CCCCCCc2ccc3c(n2)NCCC3)CC(=O)O)cn1. The van der Waals surface area contributed by atoms with Crippen LogP contribution in [0.3, 0.4) is 0 Å². The predicted molar refractivity (Wildman–Crippen MR) is 149 cm³/mol. The van der Waals surface area contributed by atoms with Crippen molar-refractivity contribution in [1.82, 2.24) is 20.3 Å². The van der Waals surface area contributed by atoms with E-state index in [4.69, 9.17) is 14.5 Å². The van der Waals surface area contributed by atoms with Crippen LogP contribution in [0.15, 0.2) is 24.5 Å². The van der Waals surface area contributed by atoms with Gasteiger partial charge in [0.05, 0.1) is 26.2 Å². The van der Waals surface area contributed by atoms with Crippen LogP contribution in [0, 0.1) is 0 Å². The highest BCUT2D eigenvalue weighted by Crippen LogP contribution is 2.26. The van der Waals surface area contributed by atoms with Crippen molar-refractivity contribution in [1.29, 1.82) is 0 Å². The first kappa shape index (κ1) is 30.4. The summed E-state index contributed by atoms with van der Waals surface area (Å²) in [7, 11) is 0. The second-order valence-corrected chi connectivity index (χ2v) is 9.91. The number of carboxylic acid groups (broad SMARTS) is 1. The number of aromatic nitrogens is 3. The Morgan fingerprint density at radius 1 is 1.05 bits per heavy atom. The molecule has 0 spiro atoms. The molecule has 1 aliphatic rings. The van der Waals surface area contributed by atoms with Crippen LogP contribution in [-0.4, -0.2) is 71.5 Å². The lowest BCUT2D eigenvalue weighted by molar-refractivity contribution is -0.137. The lowest BCUT2D eigenvalue weighted by Crippen LogP contribution is -2.29. The minimum atomic E-state index is -0.853. The van der Waals surface area contributed by atoms with Gasteiger partial charge in [-0.15, -0.1) is 0 Å². The van der Waals surface area contributed by atoms with Crippen LogP contribution in [0.25, 0.3) is 0 Å². The van der Waals surface area contributed by atoms with E-state index < -0.39 is 5.97 Å². The highest BCUT2D eigenvalue weighted by molar-refractivity contribution is 5.90. The number of pyridine rings is 1. The number of amides is 1. The number of nitrogens with zero attached hydrogens (tertiary/aromatic N) is 3. The van der Waals surface area contributed by atoms with Crippen molar-refractivity contribution >= 4 is 17.7 Å². The molecule has 10 heteroatoms. The van der Waals surface area contributed by atoms with E-state index in [1.807, 2.05) is 6.92 Å². The molecule has 1 amide bonds. The normalized spacial score (nSPS) is 13.4. The third-order valence-electron chi connectivity index (χ3n) is 6.71. The first-order valence-electron chi connectivity index (χ1n) is 14.3. The molecule has 2 aromatic rings. The summed E-state index contributed by atoms with van der Waals surface area (Å²) in [6.07, 6.45) is 12.1. The lowest BCUT2D eigenvalue weighted by Gasteiger charge is -2.17. The van der Waals surface area contributed by atoms with Gasteiger partial charge in [-0.1, -0.05) is 32.3 Å². The zero-order valence-corrected chi connectivity index (χ0v) is 23.1. The molecule has 1 atom stereocenters. The zero-order valence-electron chi connectivity index (χ0n) is 23.1. The number of aryl methyl sites for hydroxylation is 2. The van der Waals surface area contributed by atoms with E-state index in [1.165, 1.54) is 5.56 Å². The number of hydrogen-bond acceptors (Lipinski definition) is 8. The average Bonchev–Trinajstić information content (AvgIpc) is 2.95. The van der Waals surface area contributed by atoms with Gasteiger partial charge in [0, 0.05) is 37.8 Å². The summed E-state index contributed by atoms with van der Waals surface area (Å²) in [5, 5.41) is 15.5. The molecule has 0 radical (unpaired) electrons. The lowest BCUT2D eigenvalue weighted by atomic mass is 9.92. The number of rotatable bonds is 19. The Hall–Kier alpha value is -3.11. The van der Waals surface area contributed by atoms with Gasteiger partial charge in [-0.05, 0) is 61.6 Å². The summed E-state index contributed by atoms with van der Waals surface area (Å²) < 4.78 is 10.8. The smallest absolute Gasteiger partial charge is 0.303 e. The molecular formula is C29H43N5O5. The van der Waals surface area contributed by atoms with Crippen molar-refractivity contribution < 1.29 is 24.2 Å². The molecule has 10 nitrogen and oxygen atoms in total. The first-order chi connectivity index (χ1) is 19.1. The fourth-order valence-corrected chi connectivity index (χ4v) is 4.60. The summed E-state index contributed by atoms with van der Waals surface area (Å²) in [6, 6.07) is 4.33.